The topological polar surface area (TPSA) is 61.8 Å². The molecule has 5 nitrogen and oxygen atoms in total. The Morgan fingerprint density at radius 2 is 1.89 bits per heavy atom. The third-order valence-electron chi connectivity index (χ3n) is 2.00. The largest absolute Gasteiger partial charge is 0.510 e. The minimum atomic E-state index is -1.04. The number of carbonyl (C=O) groups is 2. The van der Waals surface area contributed by atoms with Gasteiger partial charge in [0.25, 0.3) is 0 Å². The summed E-state index contributed by atoms with van der Waals surface area (Å²) >= 11 is 5.16. The molecule has 0 spiro atoms. The maximum Gasteiger partial charge on any atom is 0.510 e. The van der Waals surface area contributed by atoms with Crippen molar-refractivity contribution in [3.05, 3.63) is 35.9 Å². The molecular formula is C12H13ClO5. The number of benzene rings is 1. The van der Waals surface area contributed by atoms with Gasteiger partial charge in [0.05, 0.1) is 0 Å². The van der Waals surface area contributed by atoms with Gasteiger partial charge in [-0.2, -0.15) is 0 Å². The van der Waals surface area contributed by atoms with E-state index in [9.17, 15) is 9.59 Å². The molecule has 0 fully saturated rings. The Hall–Kier alpha value is -1.75. The van der Waals surface area contributed by atoms with E-state index >= 15 is 0 Å². The Morgan fingerprint density at radius 1 is 1.22 bits per heavy atom. The fourth-order valence-electron chi connectivity index (χ4n) is 1.12. The zero-order valence-electron chi connectivity index (χ0n) is 9.80. The lowest BCUT2D eigenvalue weighted by atomic mass is 10.2. The van der Waals surface area contributed by atoms with Crippen LogP contribution in [0.5, 0.6) is 0 Å². The lowest BCUT2D eigenvalue weighted by Gasteiger charge is -2.11. The first-order chi connectivity index (χ1) is 8.63. The molecule has 1 aromatic carbocycles. The number of alkyl halides is 1. The van der Waals surface area contributed by atoms with Crippen LogP contribution in [-0.2, 0) is 25.6 Å². The number of ether oxygens (including phenoxy) is 3. The Bertz CT molecular complexity index is 393. The van der Waals surface area contributed by atoms with Crippen LogP contribution in [0.1, 0.15) is 12.5 Å². The smallest absolute Gasteiger partial charge is 0.458 e. The number of hydrogen-bond donors (Lipinski definition) is 0. The third-order valence-corrected chi connectivity index (χ3v) is 2.11. The Kier molecular flexibility index (Phi) is 6.00. The van der Waals surface area contributed by atoms with Gasteiger partial charge in [0, 0.05) is 0 Å². The Morgan fingerprint density at radius 3 is 2.50 bits per heavy atom. The lowest BCUT2D eigenvalue weighted by Crippen LogP contribution is -2.26. The summed E-state index contributed by atoms with van der Waals surface area (Å²) in [5.74, 6) is -0.648. The Balaban J connectivity index is 2.34. The Labute approximate surface area is 110 Å². The second-order valence-corrected chi connectivity index (χ2v) is 3.58. The summed E-state index contributed by atoms with van der Waals surface area (Å²) in [6, 6.07) is 8.84. The molecule has 0 radical (unpaired) electrons. The van der Waals surface area contributed by atoms with E-state index in [1.807, 2.05) is 30.3 Å². The van der Waals surface area contributed by atoms with E-state index in [-0.39, 0.29) is 12.7 Å². The van der Waals surface area contributed by atoms with Crippen molar-refractivity contribution in [3.63, 3.8) is 0 Å². The molecule has 0 aliphatic rings. The summed E-state index contributed by atoms with van der Waals surface area (Å²) < 4.78 is 13.9. The molecule has 98 valence electrons. The van der Waals surface area contributed by atoms with Crippen molar-refractivity contribution in [1.29, 1.82) is 0 Å². The van der Waals surface area contributed by atoms with Gasteiger partial charge in [0.1, 0.15) is 6.61 Å². The van der Waals surface area contributed by atoms with E-state index in [2.05, 4.69) is 9.47 Å². The van der Waals surface area contributed by atoms with Gasteiger partial charge >= 0.3 is 12.1 Å². The van der Waals surface area contributed by atoms with Gasteiger partial charge in [0.2, 0.25) is 0 Å². The van der Waals surface area contributed by atoms with Crippen molar-refractivity contribution in [2.24, 2.45) is 0 Å². The van der Waals surface area contributed by atoms with Crippen LogP contribution in [-0.4, -0.2) is 24.3 Å². The first-order valence-electron chi connectivity index (χ1n) is 5.23. The summed E-state index contributed by atoms with van der Waals surface area (Å²) in [7, 11) is 0. The van der Waals surface area contributed by atoms with Crippen LogP contribution in [0.15, 0.2) is 30.3 Å². The van der Waals surface area contributed by atoms with Gasteiger partial charge in [-0.1, -0.05) is 41.9 Å². The fraction of sp³-hybridized carbons (Fsp3) is 0.333. The molecule has 1 aromatic rings. The average Bonchev–Trinajstić information content (AvgIpc) is 2.37. The van der Waals surface area contributed by atoms with Crippen molar-refractivity contribution < 1.29 is 23.8 Å². The second-order valence-electron chi connectivity index (χ2n) is 3.36. The second kappa shape index (κ2) is 7.55. The van der Waals surface area contributed by atoms with Gasteiger partial charge in [0.15, 0.2) is 12.2 Å². The number of esters is 1. The molecule has 0 bridgehead atoms. The molecule has 6 heteroatoms. The van der Waals surface area contributed by atoms with Crippen LogP contribution in [0.3, 0.4) is 0 Å². The van der Waals surface area contributed by atoms with E-state index in [0.717, 1.165) is 5.56 Å². The van der Waals surface area contributed by atoms with Crippen LogP contribution in [0.2, 0.25) is 0 Å². The quantitative estimate of drug-likeness (QED) is 0.609. The van der Waals surface area contributed by atoms with Crippen molar-refractivity contribution in [2.75, 3.05) is 6.07 Å². The summed E-state index contributed by atoms with van der Waals surface area (Å²) in [6.07, 6.45) is -2.04. The van der Waals surface area contributed by atoms with Crippen LogP contribution in [0.25, 0.3) is 0 Å². The van der Waals surface area contributed by atoms with Crippen LogP contribution in [0, 0.1) is 0 Å². The van der Waals surface area contributed by atoms with Gasteiger partial charge in [-0.05, 0) is 12.5 Å². The predicted octanol–water partition coefficient (Wildman–Crippen LogP) is 2.47. The fourth-order valence-corrected chi connectivity index (χ4v) is 1.21. The number of carbonyl (C=O) groups excluding carboxylic acids is 2. The summed E-state index contributed by atoms with van der Waals surface area (Å²) in [5.41, 5.74) is 0.849. The summed E-state index contributed by atoms with van der Waals surface area (Å²) in [5, 5.41) is 0. The third kappa shape index (κ3) is 5.05. The zero-order chi connectivity index (χ0) is 13.4. The molecule has 0 aliphatic carbocycles. The summed E-state index contributed by atoms with van der Waals surface area (Å²) in [4.78, 5) is 22.4. The van der Waals surface area contributed by atoms with Gasteiger partial charge in [-0.15, -0.1) is 0 Å². The number of rotatable bonds is 5. The minimum Gasteiger partial charge on any atom is -0.458 e. The SMILES string of the molecule is C[C@H](OC(=O)OCCl)C(=O)OCc1ccccc1. The minimum absolute atomic E-state index is 0.123. The highest BCUT2D eigenvalue weighted by Gasteiger charge is 2.19. The maximum absolute atomic E-state index is 11.5. The molecule has 0 aromatic heterocycles. The maximum atomic E-state index is 11.5. The van der Waals surface area contributed by atoms with Crippen LogP contribution in [0.4, 0.5) is 4.79 Å². The van der Waals surface area contributed by atoms with Gasteiger partial charge < -0.3 is 14.2 Å². The molecule has 0 amide bonds. The predicted molar refractivity (Wildman–Crippen MR) is 64.0 cm³/mol. The van der Waals surface area contributed by atoms with Gasteiger partial charge in [-0.25, -0.2) is 9.59 Å². The average molecular weight is 273 g/mol. The zero-order valence-corrected chi connectivity index (χ0v) is 10.6. The normalized spacial score (nSPS) is 11.4. The highest BCUT2D eigenvalue weighted by atomic mass is 35.5. The molecule has 1 atom stereocenters. The molecule has 0 saturated carbocycles. The standard InChI is InChI=1S/C12H13ClO5/c1-9(18-12(15)17-8-13)11(14)16-7-10-5-3-2-4-6-10/h2-6,9H,7-8H2,1H3/t9-/m0/s1. The molecular weight excluding hydrogens is 260 g/mol. The van der Waals surface area contributed by atoms with Crippen LogP contribution >= 0.6 is 11.6 Å². The summed E-state index contributed by atoms with van der Waals surface area (Å²) in [6.45, 7) is 1.51. The van der Waals surface area contributed by atoms with E-state index in [1.165, 1.54) is 6.92 Å². The van der Waals surface area contributed by atoms with E-state index in [4.69, 9.17) is 16.3 Å². The molecule has 0 heterocycles. The molecule has 0 saturated heterocycles. The van der Waals surface area contributed by atoms with E-state index in [0.29, 0.717) is 0 Å². The monoisotopic (exact) mass is 272 g/mol. The molecule has 0 aliphatic heterocycles. The van der Waals surface area contributed by atoms with Crippen LogP contribution < -0.4 is 0 Å². The molecule has 1 rings (SSSR count). The van der Waals surface area contributed by atoms with Crippen molar-refractivity contribution >= 4 is 23.7 Å². The number of halogens is 1. The number of hydrogen-bond acceptors (Lipinski definition) is 5. The lowest BCUT2D eigenvalue weighted by molar-refractivity contribution is -0.155. The molecule has 18 heavy (non-hydrogen) atoms. The first kappa shape index (κ1) is 14.3. The van der Waals surface area contributed by atoms with Gasteiger partial charge in [-0.3, -0.25) is 0 Å². The first-order valence-corrected chi connectivity index (χ1v) is 5.77. The molecule has 0 unspecified atom stereocenters. The highest BCUT2D eigenvalue weighted by Crippen LogP contribution is 2.04. The van der Waals surface area contributed by atoms with E-state index in [1.54, 1.807) is 0 Å². The van der Waals surface area contributed by atoms with Crippen molar-refractivity contribution in [1.82, 2.24) is 0 Å². The van der Waals surface area contributed by atoms with Crippen molar-refractivity contribution in [3.8, 4) is 0 Å². The molecule has 0 N–H and O–H groups in total. The van der Waals surface area contributed by atoms with E-state index < -0.39 is 18.2 Å². The highest BCUT2D eigenvalue weighted by molar-refractivity contribution is 6.17. The van der Waals surface area contributed by atoms with Crippen molar-refractivity contribution in [2.45, 2.75) is 19.6 Å².